The maximum atomic E-state index is 8.47. The summed E-state index contributed by atoms with van der Waals surface area (Å²) in [6.07, 6.45) is 15.1. The molecule has 0 amide bonds. The van der Waals surface area contributed by atoms with Crippen molar-refractivity contribution in [3.05, 3.63) is 0 Å². The standard InChI is InChI=1S/C15H30N2/c1-2-3-4-5-6-7-8-9-10-11-12-15(17)13-14-16/h15H,2-13,17H2,1H3. The highest BCUT2D eigenvalue weighted by atomic mass is 14.6. The van der Waals surface area contributed by atoms with Gasteiger partial charge in [-0.25, -0.2) is 0 Å². The molecule has 0 aromatic rings. The van der Waals surface area contributed by atoms with Crippen LogP contribution in [0.5, 0.6) is 0 Å². The number of unbranched alkanes of at least 4 members (excludes halogenated alkanes) is 9. The molecule has 0 bridgehead atoms. The molecule has 2 heteroatoms. The van der Waals surface area contributed by atoms with Crippen LogP contribution in [0.1, 0.15) is 84.0 Å². The smallest absolute Gasteiger partial charge is 0.0638 e. The highest BCUT2D eigenvalue weighted by Crippen LogP contribution is 2.12. The lowest BCUT2D eigenvalue weighted by Gasteiger charge is -2.06. The largest absolute Gasteiger partial charge is 0.327 e. The van der Waals surface area contributed by atoms with Gasteiger partial charge < -0.3 is 5.73 Å². The summed E-state index contributed by atoms with van der Waals surface area (Å²) >= 11 is 0. The van der Waals surface area contributed by atoms with E-state index >= 15 is 0 Å². The Morgan fingerprint density at radius 1 is 0.882 bits per heavy atom. The van der Waals surface area contributed by atoms with Crippen LogP contribution in [0, 0.1) is 11.3 Å². The Morgan fingerprint density at radius 2 is 1.35 bits per heavy atom. The van der Waals surface area contributed by atoms with E-state index in [1.54, 1.807) is 0 Å². The molecule has 100 valence electrons. The molecule has 0 saturated carbocycles. The van der Waals surface area contributed by atoms with E-state index in [9.17, 15) is 0 Å². The quantitative estimate of drug-likeness (QED) is 0.507. The van der Waals surface area contributed by atoms with Gasteiger partial charge in [-0.1, -0.05) is 71.1 Å². The second-order valence-corrected chi connectivity index (χ2v) is 5.09. The predicted octanol–water partition coefficient (Wildman–Crippen LogP) is 4.54. The monoisotopic (exact) mass is 238 g/mol. The summed E-state index contributed by atoms with van der Waals surface area (Å²) < 4.78 is 0. The Labute approximate surface area is 108 Å². The molecular formula is C15H30N2. The Kier molecular flexibility index (Phi) is 13.1. The van der Waals surface area contributed by atoms with E-state index in [1.807, 2.05) is 0 Å². The zero-order valence-electron chi connectivity index (χ0n) is 11.6. The van der Waals surface area contributed by atoms with E-state index in [-0.39, 0.29) is 6.04 Å². The maximum absolute atomic E-state index is 8.47. The molecule has 0 saturated heterocycles. The second-order valence-electron chi connectivity index (χ2n) is 5.09. The second kappa shape index (κ2) is 13.5. The molecule has 0 aromatic heterocycles. The van der Waals surface area contributed by atoms with Crippen LogP contribution in [0.15, 0.2) is 0 Å². The number of hydrogen-bond donors (Lipinski definition) is 1. The summed E-state index contributed by atoms with van der Waals surface area (Å²) in [5.74, 6) is 0. The van der Waals surface area contributed by atoms with Gasteiger partial charge in [-0.05, 0) is 6.42 Å². The highest BCUT2D eigenvalue weighted by Gasteiger charge is 2.00. The average molecular weight is 238 g/mol. The Morgan fingerprint density at radius 3 is 1.82 bits per heavy atom. The molecule has 2 N–H and O–H groups in total. The van der Waals surface area contributed by atoms with E-state index in [0.717, 1.165) is 6.42 Å². The molecule has 0 aliphatic heterocycles. The van der Waals surface area contributed by atoms with Crippen LogP contribution in [-0.2, 0) is 0 Å². The summed E-state index contributed by atoms with van der Waals surface area (Å²) in [5.41, 5.74) is 5.77. The lowest BCUT2D eigenvalue weighted by molar-refractivity contribution is 0.524. The fourth-order valence-electron chi connectivity index (χ4n) is 2.11. The zero-order chi connectivity index (χ0) is 12.8. The van der Waals surface area contributed by atoms with E-state index in [2.05, 4.69) is 13.0 Å². The molecule has 1 unspecified atom stereocenters. The van der Waals surface area contributed by atoms with Crippen LogP contribution < -0.4 is 5.73 Å². The summed E-state index contributed by atoms with van der Waals surface area (Å²) in [6, 6.07) is 2.23. The zero-order valence-corrected chi connectivity index (χ0v) is 11.6. The van der Waals surface area contributed by atoms with Crippen molar-refractivity contribution in [2.24, 2.45) is 5.73 Å². The molecule has 1 atom stereocenters. The summed E-state index contributed by atoms with van der Waals surface area (Å²) in [4.78, 5) is 0. The number of rotatable bonds is 12. The number of nitriles is 1. The van der Waals surface area contributed by atoms with E-state index in [0.29, 0.717) is 6.42 Å². The van der Waals surface area contributed by atoms with Crippen LogP contribution in [-0.4, -0.2) is 6.04 Å². The number of hydrogen-bond acceptors (Lipinski definition) is 2. The summed E-state index contributed by atoms with van der Waals surface area (Å²) in [6.45, 7) is 2.26. The molecule has 0 fully saturated rings. The molecule has 0 aliphatic carbocycles. The fourth-order valence-corrected chi connectivity index (χ4v) is 2.11. The highest BCUT2D eigenvalue weighted by molar-refractivity contribution is 4.77. The predicted molar refractivity (Wildman–Crippen MR) is 74.7 cm³/mol. The van der Waals surface area contributed by atoms with E-state index in [1.165, 1.54) is 64.2 Å². The van der Waals surface area contributed by atoms with E-state index < -0.39 is 0 Å². The molecule has 0 spiro atoms. The van der Waals surface area contributed by atoms with Crippen molar-refractivity contribution in [1.82, 2.24) is 0 Å². The van der Waals surface area contributed by atoms with Gasteiger partial charge in [0.25, 0.3) is 0 Å². The van der Waals surface area contributed by atoms with Crippen LogP contribution in [0.3, 0.4) is 0 Å². The van der Waals surface area contributed by atoms with Crippen molar-refractivity contribution in [2.75, 3.05) is 0 Å². The number of nitrogens with zero attached hydrogens (tertiary/aromatic N) is 1. The minimum atomic E-state index is 0.106. The van der Waals surface area contributed by atoms with Crippen molar-refractivity contribution in [3.8, 4) is 6.07 Å². The first-order valence-electron chi connectivity index (χ1n) is 7.43. The van der Waals surface area contributed by atoms with Crippen LogP contribution in [0.25, 0.3) is 0 Å². The SMILES string of the molecule is CCCCCCCCCCCCC(N)CC#N. The Balaban J connectivity index is 3.01. The van der Waals surface area contributed by atoms with Crippen molar-refractivity contribution >= 4 is 0 Å². The fraction of sp³-hybridized carbons (Fsp3) is 0.933. The van der Waals surface area contributed by atoms with Crippen LogP contribution in [0.2, 0.25) is 0 Å². The van der Waals surface area contributed by atoms with Gasteiger partial charge >= 0.3 is 0 Å². The van der Waals surface area contributed by atoms with Gasteiger partial charge in [0.05, 0.1) is 12.5 Å². The topological polar surface area (TPSA) is 49.8 Å². The molecule has 0 aromatic carbocycles. The van der Waals surface area contributed by atoms with Gasteiger partial charge in [-0.3, -0.25) is 0 Å². The summed E-state index contributed by atoms with van der Waals surface area (Å²) in [7, 11) is 0. The van der Waals surface area contributed by atoms with Gasteiger partial charge in [0.1, 0.15) is 0 Å². The molecule has 0 rings (SSSR count). The van der Waals surface area contributed by atoms with Crippen LogP contribution in [0.4, 0.5) is 0 Å². The molecule has 17 heavy (non-hydrogen) atoms. The van der Waals surface area contributed by atoms with Crippen molar-refractivity contribution in [1.29, 1.82) is 5.26 Å². The third kappa shape index (κ3) is 13.4. The van der Waals surface area contributed by atoms with Gasteiger partial charge in [0, 0.05) is 6.04 Å². The van der Waals surface area contributed by atoms with Gasteiger partial charge in [-0.2, -0.15) is 5.26 Å². The minimum Gasteiger partial charge on any atom is -0.327 e. The third-order valence-electron chi connectivity index (χ3n) is 3.28. The van der Waals surface area contributed by atoms with E-state index in [4.69, 9.17) is 11.0 Å². The third-order valence-corrected chi connectivity index (χ3v) is 3.28. The molecular weight excluding hydrogens is 208 g/mol. The van der Waals surface area contributed by atoms with Crippen molar-refractivity contribution in [2.45, 2.75) is 90.0 Å². The van der Waals surface area contributed by atoms with Gasteiger partial charge in [0.15, 0.2) is 0 Å². The molecule has 2 nitrogen and oxygen atoms in total. The van der Waals surface area contributed by atoms with Crippen molar-refractivity contribution < 1.29 is 0 Å². The lowest BCUT2D eigenvalue weighted by Crippen LogP contribution is -2.18. The molecule has 0 aliphatic rings. The average Bonchev–Trinajstić information content (AvgIpc) is 2.32. The first-order valence-corrected chi connectivity index (χ1v) is 7.43. The Hall–Kier alpha value is -0.550. The lowest BCUT2D eigenvalue weighted by atomic mass is 10.0. The molecule has 0 heterocycles. The normalized spacial score (nSPS) is 12.3. The summed E-state index contributed by atoms with van der Waals surface area (Å²) in [5, 5.41) is 8.47. The van der Waals surface area contributed by atoms with Gasteiger partial charge in [0.2, 0.25) is 0 Å². The molecule has 0 radical (unpaired) electrons. The maximum Gasteiger partial charge on any atom is 0.0638 e. The first kappa shape index (κ1) is 16.4. The Bertz CT molecular complexity index is 184. The number of nitrogens with two attached hydrogens (primary N) is 1. The van der Waals surface area contributed by atoms with Crippen molar-refractivity contribution in [3.63, 3.8) is 0 Å². The first-order chi connectivity index (χ1) is 8.31. The van der Waals surface area contributed by atoms with Gasteiger partial charge in [-0.15, -0.1) is 0 Å². The minimum absolute atomic E-state index is 0.106. The van der Waals surface area contributed by atoms with Crippen LogP contribution >= 0.6 is 0 Å².